The molecule has 0 unspecified atom stereocenters. The number of fused-ring (bicyclic) bond motifs is 1. The van der Waals surface area contributed by atoms with Crippen LogP contribution in [0.15, 0.2) is 18.2 Å². The standard InChI is InChI=1S/C13H19N3O2/c1-9(2)14-8-15(10(3)4)13-7-11(16(17)18)5-6-12(13)14/h5-7,9-10H,8H2,1-4H3. The Kier molecular flexibility index (Phi) is 3.15. The molecule has 1 heterocycles. The maximum Gasteiger partial charge on any atom is 0.271 e. The van der Waals surface area contributed by atoms with Gasteiger partial charge in [-0.15, -0.1) is 0 Å². The van der Waals surface area contributed by atoms with Crippen LogP contribution in [-0.2, 0) is 0 Å². The molecule has 0 saturated carbocycles. The summed E-state index contributed by atoms with van der Waals surface area (Å²) in [4.78, 5) is 15.0. The molecule has 18 heavy (non-hydrogen) atoms. The van der Waals surface area contributed by atoms with Gasteiger partial charge in [0.1, 0.15) is 0 Å². The normalized spacial score (nSPS) is 14.6. The van der Waals surface area contributed by atoms with Crippen LogP contribution in [0.4, 0.5) is 17.1 Å². The summed E-state index contributed by atoms with van der Waals surface area (Å²) in [7, 11) is 0. The average molecular weight is 249 g/mol. The first-order valence-electron chi connectivity index (χ1n) is 6.23. The van der Waals surface area contributed by atoms with E-state index in [1.54, 1.807) is 12.1 Å². The van der Waals surface area contributed by atoms with E-state index in [1.807, 2.05) is 6.07 Å². The minimum atomic E-state index is -0.336. The quantitative estimate of drug-likeness (QED) is 0.610. The van der Waals surface area contributed by atoms with E-state index in [1.165, 1.54) is 0 Å². The molecule has 5 nitrogen and oxygen atoms in total. The highest BCUT2D eigenvalue weighted by molar-refractivity contribution is 5.79. The van der Waals surface area contributed by atoms with Gasteiger partial charge in [0, 0.05) is 24.2 Å². The monoisotopic (exact) mass is 249 g/mol. The van der Waals surface area contributed by atoms with E-state index >= 15 is 0 Å². The van der Waals surface area contributed by atoms with Gasteiger partial charge >= 0.3 is 0 Å². The van der Waals surface area contributed by atoms with E-state index in [0.717, 1.165) is 18.0 Å². The van der Waals surface area contributed by atoms with Gasteiger partial charge < -0.3 is 9.80 Å². The van der Waals surface area contributed by atoms with Crippen molar-refractivity contribution in [1.29, 1.82) is 0 Å². The minimum Gasteiger partial charge on any atom is -0.350 e. The number of hydrogen-bond acceptors (Lipinski definition) is 4. The summed E-state index contributed by atoms with van der Waals surface area (Å²) in [6, 6.07) is 5.83. The summed E-state index contributed by atoms with van der Waals surface area (Å²) in [5.41, 5.74) is 2.21. The first kappa shape index (κ1) is 12.7. The third-order valence-corrected chi connectivity index (χ3v) is 3.34. The largest absolute Gasteiger partial charge is 0.350 e. The highest BCUT2D eigenvalue weighted by atomic mass is 16.6. The third-order valence-electron chi connectivity index (χ3n) is 3.34. The molecule has 0 saturated heterocycles. The second-order valence-electron chi connectivity index (χ2n) is 5.20. The molecule has 0 atom stereocenters. The Morgan fingerprint density at radius 3 is 2.17 bits per heavy atom. The zero-order valence-corrected chi connectivity index (χ0v) is 11.3. The number of hydrogen-bond donors (Lipinski definition) is 0. The fourth-order valence-corrected chi connectivity index (χ4v) is 2.30. The molecule has 0 aromatic heterocycles. The molecular weight excluding hydrogens is 230 g/mol. The van der Waals surface area contributed by atoms with Crippen LogP contribution in [0.5, 0.6) is 0 Å². The predicted octanol–water partition coefficient (Wildman–Crippen LogP) is 3.00. The fraction of sp³-hybridized carbons (Fsp3) is 0.538. The summed E-state index contributed by atoms with van der Waals surface area (Å²) in [6.07, 6.45) is 0. The van der Waals surface area contributed by atoms with E-state index in [0.29, 0.717) is 12.1 Å². The van der Waals surface area contributed by atoms with Crippen molar-refractivity contribution >= 4 is 17.1 Å². The highest BCUT2D eigenvalue weighted by Gasteiger charge is 2.30. The Bertz CT molecular complexity index is 471. The number of nitro benzene ring substituents is 1. The van der Waals surface area contributed by atoms with E-state index in [2.05, 4.69) is 37.5 Å². The first-order valence-corrected chi connectivity index (χ1v) is 6.23. The number of rotatable bonds is 3. The van der Waals surface area contributed by atoms with Crippen LogP contribution in [0.1, 0.15) is 27.7 Å². The molecule has 1 aliphatic heterocycles. The van der Waals surface area contributed by atoms with Crippen LogP contribution in [0.2, 0.25) is 0 Å². The van der Waals surface area contributed by atoms with Crippen molar-refractivity contribution in [1.82, 2.24) is 0 Å². The van der Waals surface area contributed by atoms with Gasteiger partial charge in [0.25, 0.3) is 5.69 Å². The molecule has 0 N–H and O–H groups in total. The lowest BCUT2D eigenvalue weighted by molar-refractivity contribution is -0.384. The van der Waals surface area contributed by atoms with Crippen LogP contribution in [0.3, 0.4) is 0 Å². The fourth-order valence-electron chi connectivity index (χ4n) is 2.30. The van der Waals surface area contributed by atoms with Gasteiger partial charge in [0.2, 0.25) is 0 Å². The Labute approximate surface area is 107 Å². The van der Waals surface area contributed by atoms with Gasteiger partial charge in [-0.05, 0) is 33.8 Å². The lowest BCUT2D eigenvalue weighted by Crippen LogP contribution is -2.38. The van der Waals surface area contributed by atoms with Gasteiger partial charge in [0.15, 0.2) is 0 Å². The molecule has 0 fully saturated rings. The molecule has 0 bridgehead atoms. The Morgan fingerprint density at radius 1 is 1.11 bits per heavy atom. The molecule has 2 rings (SSSR count). The molecule has 1 aromatic rings. The van der Waals surface area contributed by atoms with Gasteiger partial charge in [-0.25, -0.2) is 0 Å². The van der Waals surface area contributed by atoms with Crippen LogP contribution in [-0.4, -0.2) is 23.7 Å². The zero-order valence-electron chi connectivity index (χ0n) is 11.3. The van der Waals surface area contributed by atoms with Gasteiger partial charge in [-0.2, -0.15) is 0 Å². The molecule has 5 heteroatoms. The van der Waals surface area contributed by atoms with Crippen molar-refractivity contribution in [2.45, 2.75) is 39.8 Å². The number of nitro groups is 1. The summed E-state index contributed by atoms with van der Waals surface area (Å²) in [5, 5.41) is 10.9. The molecule has 98 valence electrons. The summed E-state index contributed by atoms with van der Waals surface area (Å²) < 4.78 is 0. The van der Waals surface area contributed by atoms with Crippen LogP contribution >= 0.6 is 0 Å². The third kappa shape index (κ3) is 2.00. The second kappa shape index (κ2) is 4.48. The molecule has 0 amide bonds. The SMILES string of the molecule is CC(C)N1CN(C(C)C)c2cc([N+](=O)[O-])ccc21. The summed E-state index contributed by atoms with van der Waals surface area (Å²) >= 11 is 0. The Morgan fingerprint density at radius 2 is 1.67 bits per heavy atom. The van der Waals surface area contributed by atoms with Crippen molar-refractivity contribution < 1.29 is 4.92 Å². The van der Waals surface area contributed by atoms with Crippen LogP contribution in [0, 0.1) is 10.1 Å². The topological polar surface area (TPSA) is 49.6 Å². The van der Waals surface area contributed by atoms with E-state index in [4.69, 9.17) is 0 Å². The lowest BCUT2D eigenvalue weighted by atomic mass is 10.2. The van der Waals surface area contributed by atoms with Gasteiger partial charge in [-0.1, -0.05) is 0 Å². The first-order chi connectivity index (χ1) is 8.41. The minimum absolute atomic E-state index is 0.157. The zero-order chi connectivity index (χ0) is 13.4. The van der Waals surface area contributed by atoms with Crippen molar-refractivity contribution in [3.63, 3.8) is 0 Å². The Balaban J connectivity index is 2.48. The van der Waals surface area contributed by atoms with Crippen molar-refractivity contribution in [2.75, 3.05) is 16.5 Å². The highest BCUT2D eigenvalue weighted by Crippen LogP contribution is 2.40. The maximum absolute atomic E-state index is 10.9. The maximum atomic E-state index is 10.9. The van der Waals surface area contributed by atoms with E-state index in [-0.39, 0.29) is 10.6 Å². The number of non-ortho nitro benzene ring substituents is 1. The van der Waals surface area contributed by atoms with Crippen molar-refractivity contribution in [3.8, 4) is 0 Å². The van der Waals surface area contributed by atoms with E-state index < -0.39 is 0 Å². The second-order valence-corrected chi connectivity index (χ2v) is 5.20. The van der Waals surface area contributed by atoms with Gasteiger partial charge in [-0.3, -0.25) is 10.1 Å². The summed E-state index contributed by atoms with van der Waals surface area (Å²) in [5.74, 6) is 0. The molecule has 0 radical (unpaired) electrons. The predicted molar refractivity (Wildman–Crippen MR) is 73.2 cm³/mol. The van der Waals surface area contributed by atoms with Crippen molar-refractivity contribution in [2.24, 2.45) is 0 Å². The molecular formula is C13H19N3O2. The smallest absolute Gasteiger partial charge is 0.271 e. The molecule has 1 aromatic carbocycles. The summed E-state index contributed by atoms with van der Waals surface area (Å²) in [6.45, 7) is 9.27. The van der Waals surface area contributed by atoms with Crippen molar-refractivity contribution in [3.05, 3.63) is 28.3 Å². The molecule has 1 aliphatic rings. The van der Waals surface area contributed by atoms with Gasteiger partial charge in [0.05, 0.1) is 23.0 Å². The number of nitrogens with zero attached hydrogens (tertiary/aromatic N) is 3. The molecule has 0 aliphatic carbocycles. The van der Waals surface area contributed by atoms with Crippen LogP contribution < -0.4 is 9.80 Å². The van der Waals surface area contributed by atoms with Crippen LogP contribution in [0.25, 0.3) is 0 Å². The number of anilines is 2. The molecule has 0 spiro atoms. The average Bonchev–Trinajstić information content (AvgIpc) is 2.67. The Hall–Kier alpha value is -1.78. The lowest BCUT2D eigenvalue weighted by Gasteiger charge is -2.27. The van der Waals surface area contributed by atoms with E-state index in [9.17, 15) is 10.1 Å². The number of benzene rings is 1.